The first-order chi connectivity index (χ1) is 9.62. The van der Waals surface area contributed by atoms with Crippen molar-refractivity contribution < 1.29 is 4.90 Å². The molecule has 0 bridgehead atoms. The molecule has 0 heterocycles. The highest BCUT2D eigenvalue weighted by Crippen LogP contribution is 2.23. The highest BCUT2D eigenvalue weighted by molar-refractivity contribution is 6.79. The van der Waals surface area contributed by atoms with Crippen LogP contribution in [0.5, 0.6) is 0 Å². The molecule has 20 heavy (non-hydrogen) atoms. The molecule has 116 valence electrons. The lowest BCUT2D eigenvalue weighted by molar-refractivity contribution is -0.828. The van der Waals surface area contributed by atoms with E-state index in [-0.39, 0.29) is 6.15 Å². The molecule has 0 amide bonds. The Kier molecular flexibility index (Phi) is 10.6. The summed E-state index contributed by atoms with van der Waals surface area (Å²) in [5, 5.41) is 0. The van der Waals surface area contributed by atoms with Crippen LogP contribution in [0.2, 0.25) is 25.3 Å². The molecule has 0 radical (unpaired) electrons. The van der Waals surface area contributed by atoms with Crippen molar-refractivity contribution in [2.75, 3.05) is 13.1 Å². The number of rotatable bonds is 7. The van der Waals surface area contributed by atoms with Gasteiger partial charge >= 0.3 is 0 Å². The second-order valence-electron chi connectivity index (χ2n) is 6.04. The lowest BCUT2D eigenvalue weighted by Gasteiger charge is -2.34. The Morgan fingerprint density at radius 3 is 1.35 bits per heavy atom. The molecule has 0 unspecified atom stereocenters. The Morgan fingerprint density at radius 2 is 1.10 bits per heavy atom. The van der Waals surface area contributed by atoms with E-state index in [1.165, 1.54) is 44.1 Å². The van der Waals surface area contributed by atoms with Crippen molar-refractivity contribution in [3.63, 3.8) is 0 Å². The fourth-order valence-electron chi connectivity index (χ4n) is 3.06. The first kappa shape index (κ1) is 19.2. The number of para-hydroxylation sites is 1. The summed E-state index contributed by atoms with van der Waals surface area (Å²) in [5.41, 5.74) is 1.40. The lowest BCUT2D eigenvalue weighted by Crippen LogP contribution is -3.06. The van der Waals surface area contributed by atoms with Crippen molar-refractivity contribution >= 4 is 11.8 Å². The van der Waals surface area contributed by atoms with E-state index in [1.54, 1.807) is 4.90 Å². The van der Waals surface area contributed by atoms with Gasteiger partial charge in [0.25, 0.3) is 0 Å². The molecule has 0 aliphatic rings. The van der Waals surface area contributed by atoms with Crippen molar-refractivity contribution in [2.24, 2.45) is 0 Å². The molecule has 0 fully saturated rings. The Balaban J connectivity index is 0.000000370. The molecular formula is C18H36BN. The van der Waals surface area contributed by atoms with E-state index in [0.29, 0.717) is 0 Å². The topological polar surface area (TPSA) is 4.44 Å². The van der Waals surface area contributed by atoms with E-state index in [0.717, 1.165) is 0 Å². The first-order valence-corrected chi connectivity index (χ1v) is 8.74. The van der Waals surface area contributed by atoms with E-state index in [1.807, 2.05) is 0 Å². The predicted octanol–water partition coefficient (Wildman–Crippen LogP) is 4.76. The average Bonchev–Trinajstić information content (AvgIpc) is 2.53. The lowest BCUT2D eigenvalue weighted by atomic mass is 9.19. The third-order valence-corrected chi connectivity index (χ3v) is 5.50. The molecule has 0 spiro atoms. The van der Waals surface area contributed by atoms with Crippen LogP contribution in [0.1, 0.15) is 41.5 Å². The number of nitrogens with one attached hydrogen (secondary N) is 1. The molecule has 0 aromatic heterocycles. The number of hydrogen-bond donors (Lipinski definition) is 1. The minimum atomic E-state index is 0.0556. The summed E-state index contributed by atoms with van der Waals surface area (Å²) >= 11 is 0. The minimum Gasteiger partial charge on any atom is -0.303 e. The number of hydrogen-bond acceptors (Lipinski definition) is 0. The van der Waals surface area contributed by atoms with Crippen LogP contribution in [0.4, 0.5) is 5.69 Å². The molecule has 2 heteroatoms. The van der Waals surface area contributed by atoms with Crippen LogP contribution >= 0.6 is 0 Å². The van der Waals surface area contributed by atoms with Crippen molar-refractivity contribution in [3.05, 3.63) is 30.3 Å². The van der Waals surface area contributed by atoms with Crippen LogP contribution in [0, 0.1) is 0 Å². The van der Waals surface area contributed by atoms with E-state index in [2.05, 4.69) is 71.9 Å². The van der Waals surface area contributed by atoms with Gasteiger partial charge in [-0.15, -0.1) is 0 Å². The molecule has 1 aromatic rings. The van der Waals surface area contributed by atoms with Crippen LogP contribution in [0.3, 0.4) is 0 Å². The Bertz CT molecular complexity index is 298. The molecule has 0 atom stereocenters. The monoisotopic (exact) mass is 277 g/mol. The van der Waals surface area contributed by atoms with Crippen LogP contribution in [0.15, 0.2) is 30.3 Å². The molecule has 1 N–H and O–H groups in total. The molecule has 0 saturated carbocycles. The molecule has 1 aromatic carbocycles. The zero-order valence-electron chi connectivity index (χ0n) is 14.7. The molecule has 0 aliphatic heterocycles. The molecule has 1 nitrogen and oxygen atoms in total. The maximum absolute atomic E-state index is 2.33. The normalized spacial score (nSPS) is 11.2. The maximum atomic E-state index is 2.33. The summed E-state index contributed by atoms with van der Waals surface area (Å²) in [6.07, 6.45) is 5.68. The van der Waals surface area contributed by atoms with Gasteiger partial charge < -0.3 is 4.90 Å². The fraction of sp³-hybridized carbons (Fsp3) is 0.667. The third-order valence-electron chi connectivity index (χ3n) is 5.50. The summed E-state index contributed by atoms with van der Waals surface area (Å²) in [5.74, 6) is 0. The largest absolute Gasteiger partial charge is 0.303 e. The highest BCUT2D eigenvalue weighted by atomic mass is 15.1. The van der Waals surface area contributed by atoms with Gasteiger partial charge in [-0.1, -0.05) is 45.9 Å². The summed E-state index contributed by atoms with van der Waals surface area (Å²) in [6, 6.07) is 10.6. The number of benzene rings is 1. The Morgan fingerprint density at radius 1 is 0.700 bits per heavy atom. The van der Waals surface area contributed by atoms with Gasteiger partial charge in [0.05, 0.1) is 13.1 Å². The number of quaternary nitrogens is 1. The summed E-state index contributed by atoms with van der Waals surface area (Å²) < 4.78 is 0. The summed E-state index contributed by atoms with van der Waals surface area (Å²) in [4.78, 5) is 1.55. The Labute approximate surface area is 127 Å². The van der Waals surface area contributed by atoms with Crippen LogP contribution in [0.25, 0.3) is 0 Å². The molecule has 0 aliphatic carbocycles. The van der Waals surface area contributed by atoms with E-state index in [9.17, 15) is 0 Å². The van der Waals surface area contributed by atoms with E-state index in [4.69, 9.17) is 0 Å². The Hall–Kier alpha value is -0.755. The van der Waals surface area contributed by atoms with Crippen molar-refractivity contribution in [1.82, 2.24) is 0 Å². The van der Waals surface area contributed by atoms with Crippen molar-refractivity contribution in [3.8, 4) is 0 Å². The van der Waals surface area contributed by atoms with E-state index < -0.39 is 0 Å². The predicted molar refractivity (Wildman–Crippen MR) is 95.8 cm³/mol. The third kappa shape index (κ3) is 6.13. The van der Waals surface area contributed by atoms with Crippen molar-refractivity contribution in [2.45, 2.75) is 66.8 Å². The second-order valence-corrected chi connectivity index (χ2v) is 6.04. The molecule has 0 saturated heterocycles. The van der Waals surface area contributed by atoms with Gasteiger partial charge in [-0.2, -0.15) is 25.3 Å². The maximum Gasteiger partial charge on any atom is 0.131 e. The van der Waals surface area contributed by atoms with Gasteiger partial charge in [0.2, 0.25) is 0 Å². The van der Waals surface area contributed by atoms with Gasteiger partial charge in [0.15, 0.2) is 0 Å². The zero-order chi connectivity index (χ0) is 15.4. The quantitative estimate of drug-likeness (QED) is 0.685. The first-order valence-electron chi connectivity index (χ1n) is 8.74. The van der Waals surface area contributed by atoms with Crippen LogP contribution in [-0.2, 0) is 0 Å². The van der Waals surface area contributed by atoms with Gasteiger partial charge in [-0.3, -0.25) is 0 Å². The van der Waals surface area contributed by atoms with Gasteiger partial charge in [-0.05, 0) is 32.1 Å². The zero-order valence-corrected chi connectivity index (χ0v) is 14.7. The molecule has 1 rings (SSSR count). The van der Waals surface area contributed by atoms with Crippen molar-refractivity contribution in [1.29, 1.82) is 0 Å². The standard InChI is InChI=1S/C10H15N.C8H20B/c1-3-11(4-2)10-8-6-5-7-9-10;1-5-9(6-2,7-3)8-4/h5-9H,3-4H2,1-2H3;5-8H2,1-4H3/q;-1/p+1. The second kappa shape index (κ2) is 11.0. The average molecular weight is 277 g/mol. The van der Waals surface area contributed by atoms with Crippen LogP contribution in [-0.4, -0.2) is 19.2 Å². The SMILES string of the molecule is CC[B-](CC)(CC)CC.CC[NH+](CC)c1ccccc1. The van der Waals surface area contributed by atoms with Crippen LogP contribution < -0.4 is 4.90 Å². The fourth-order valence-corrected chi connectivity index (χ4v) is 3.06. The smallest absolute Gasteiger partial charge is 0.131 e. The van der Waals surface area contributed by atoms with Gasteiger partial charge in [-0.25, -0.2) is 0 Å². The van der Waals surface area contributed by atoms with Gasteiger partial charge in [0.1, 0.15) is 5.69 Å². The minimum absolute atomic E-state index is 0.0556. The molecular weight excluding hydrogens is 241 g/mol. The summed E-state index contributed by atoms with van der Waals surface area (Å²) in [6.45, 7) is 16.1. The van der Waals surface area contributed by atoms with E-state index >= 15 is 0 Å². The highest BCUT2D eigenvalue weighted by Gasteiger charge is 2.14. The summed E-state index contributed by atoms with van der Waals surface area (Å²) in [7, 11) is 0. The van der Waals surface area contributed by atoms with Gasteiger partial charge in [0, 0.05) is 0 Å².